The Morgan fingerprint density at radius 1 is 1.06 bits per heavy atom. The molecule has 1 amide bonds. The molecule has 1 aliphatic rings. The van der Waals surface area contributed by atoms with Gasteiger partial charge in [0.25, 0.3) is 0 Å². The Morgan fingerprint density at radius 2 is 1.79 bits per heavy atom. The molecule has 2 heterocycles. The number of aryl methyl sites for hydroxylation is 2. The molecule has 1 N–H and O–H groups in total. The number of hydrogen-bond acceptors (Lipinski definition) is 6. The molecule has 0 aliphatic carbocycles. The third-order valence-corrected chi connectivity index (χ3v) is 5.96. The zero-order valence-electron chi connectivity index (χ0n) is 20.9. The van der Waals surface area contributed by atoms with Crippen molar-refractivity contribution in [2.24, 2.45) is 0 Å². The largest absolute Gasteiger partial charge is 0.496 e. The highest BCUT2D eigenvalue weighted by atomic mass is 16.6. The first-order valence-electron chi connectivity index (χ1n) is 11.8. The van der Waals surface area contributed by atoms with Crippen molar-refractivity contribution in [1.82, 2.24) is 15.1 Å². The molecule has 180 valence electrons. The second-order valence-electron chi connectivity index (χ2n) is 10.1. The lowest BCUT2D eigenvalue weighted by Crippen LogP contribution is -2.47. The third-order valence-electron chi connectivity index (χ3n) is 5.96. The summed E-state index contributed by atoms with van der Waals surface area (Å²) in [6.07, 6.45) is 1.58. The van der Waals surface area contributed by atoms with Gasteiger partial charge in [-0.05, 0) is 71.2 Å². The van der Waals surface area contributed by atoms with Gasteiger partial charge in [-0.15, -0.1) is 10.2 Å². The monoisotopic (exact) mass is 462 g/mol. The minimum Gasteiger partial charge on any atom is -0.496 e. The lowest BCUT2D eigenvalue weighted by Gasteiger charge is -2.34. The standard InChI is InChI=1S/C27H34N4O3/c1-17-9-11-20-22(14-17)25(30-29-24(20)21-12-10-18(2)15-23(21)33-6)28-19-8-7-13-31(16-19)26(32)34-27(3,4)5/h9-12,14-15,19H,7-8,13,16H2,1-6H3,(H,28,30)/t19-/m1/s1. The van der Waals surface area contributed by atoms with Crippen molar-refractivity contribution in [2.75, 3.05) is 25.5 Å². The van der Waals surface area contributed by atoms with Crippen LogP contribution in [0.5, 0.6) is 5.75 Å². The Kier molecular flexibility index (Phi) is 6.64. The molecule has 34 heavy (non-hydrogen) atoms. The Hall–Kier alpha value is -3.35. The number of benzene rings is 2. The van der Waals surface area contributed by atoms with Gasteiger partial charge in [0.05, 0.1) is 7.11 Å². The summed E-state index contributed by atoms with van der Waals surface area (Å²) in [4.78, 5) is 14.4. The van der Waals surface area contributed by atoms with Gasteiger partial charge < -0.3 is 19.7 Å². The van der Waals surface area contributed by atoms with E-state index < -0.39 is 5.60 Å². The third kappa shape index (κ3) is 5.24. The van der Waals surface area contributed by atoms with Gasteiger partial charge in [-0.3, -0.25) is 0 Å². The smallest absolute Gasteiger partial charge is 0.410 e. The molecule has 0 spiro atoms. The van der Waals surface area contributed by atoms with E-state index in [0.29, 0.717) is 13.1 Å². The highest BCUT2D eigenvalue weighted by Crippen LogP contribution is 2.36. The fourth-order valence-corrected chi connectivity index (χ4v) is 4.35. The lowest BCUT2D eigenvalue weighted by molar-refractivity contribution is 0.0206. The van der Waals surface area contributed by atoms with E-state index in [1.807, 2.05) is 39.8 Å². The maximum atomic E-state index is 12.6. The predicted octanol–water partition coefficient (Wildman–Crippen LogP) is 5.73. The number of aromatic nitrogens is 2. The molecular formula is C27H34N4O3. The Labute approximate surface area is 201 Å². The van der Waals surface area contributed by atoms with Crippen LogP contribution in [0.2, 0.25) is 0 Å². The molecule has 1 aliphatic heterocycles. The number of nitrogens with zero attached hydrogens (tertiary/aromatic N) is 3. The summed E-state index contributed by atoms with van der Waals surface area (Å²) in [6, 6.07) is 12.5. The second-order valence-corrected chi connectivity index (χ2v) is 10.1. The fraction of sp³-hybridized carbons (Fsp3) is 0.444. The maximum Gasteiger partial charge on any atom is 0.410 e. The molecule has 1 atom stereocenters. The quantitative estimate of drug-likeness (QED) is 0.533. The summed E-state index contributed by atoms with van der Waals surface area (Å²) in [5.74, 6) is 1.50. The maximum absolute atomic E-state index is 12.6. The van der Waals surface area contributed by atoms with Gasteiger partial charge in [0, 0.05) is 35.5 Å². The van der Waals surface area contributed by atoms with Crippen molar-refractivity contribution < 1.29 is 14.3 Å². The highest BCUT2D eigenvalue weighted by molar-refractivity contribution is 6.01. The number of likely N-dealkylation sites (tertiary alicyclic amines) is 1. The predicted molar refractivity (Wildman–Crippen MR) is 135 cm³/mol. The van der Waals surface area contributed by atoms with Crippen molar-refractivity contribution in [3.05, 3.63) is 47.5 Å². The molecule has 7 heteroatoms. The fourth-order valence-electron chi connectivity index (χ4n) is 4.35. The number of piperidine rings is 1. The summed E-state index contributed by atoms with van der Waals surface area (Å²) >= 11 is 0. The van der Waals surface area contributed by atoms with E-state index in [9.17, 15) is 4.79 Å². The number of hydrogen-bond donors (Lipinski definition) is 1. The molecule has 3 aromatic rings. The Balaban J connectivity index is 1.65. The van der Waals surface area contributed by atoms with E-state index in [1.54, 1.807) is 12.0 Å². The zero-order valence-corrected chi connectivity index (χ0v) is 20.9. The molecule has 7 nitrogen and oxygen atoms in total. The average Bonchev–Trinajstić information content (AvgIpc) is 2.78. The summed E-state index contributed by atoms with van der Waals surface area (Å²) in [5.41, 5.74) is 3.46. The number of methoxy groups -OCH3 is 1. The van der Waals surface area contributed by atoms with Crippen LogP contribution in [0.3, 0.4) is 0 Å². The van der Waals surface area contributed by atoms with E-state index in [4.69, 9.17) is 9.47 Å². The number of amides is 1. The first-order valence-corrected chi connectivity index (χ1v) is 11.8. The molecule has 2 aromatic carbocycles. The van der Waals surface area contributed by atoms with Crippen molar-refractivity contribution in [3.63, 3.8) is 0 Å². The minimum atomic E-state index is -0.510. The number of nitrogens with one attached hydrogen (secondary N) is 1. The van der Waals surface area contributed by atoms with Crippen LogP contribution < -0.4 is 10.1 Å². The number of rotatable bonds is 4. The van der Waals surface area contributed by atoms with Crippen molar-refractivity contribution in [3.8, 4) is 17.0 Å². The zero-order chi connectivity index (χ0) is 24.5. The first-order chi connectivity index (χ1) is 16.1. The van der Waals surface area contributed by atoms with E-state index in [2.05, 4.69) is 46.7 Å². The number of anilines is 1. The van der Waals surface area contributed by atoms with E-state index in [-0.39, 0.29) is 12.1 Å². The Bertz CT molecular complexity index is 1200. The van der Waals surface area contributed by atoms with Gasteiger partial charge in [0.1, 0.15) is 17.0 Å². The number of carbonyl (C=O) groups is 1. The number of fused-ring (bicyclic) bond motifs is 1. The number of carbonyl (C=O) groups excluding carboxylic acids is 1. The lowest BCUT2D eigenvalue weighted by atomic mass is 10.0. The summed E-state index contributed by atoms with van der Waals surface area (Å²) in [7, 11) is 1.67. The van der Waals surface area contributed by atoms with Gasteiger partial charge in [-0.2, -0.15) is 0 Å². The minimum absolute atomic E-state index is 0.0686. The molecule has 0 saturated carbocycles. The van der Waals surface area contributed by atoms with Crippen LogP contribution in [0.4, 0.5) is 10.6 Å². The van der Waals surface area contributed by atoms with Crippen molar-refractivity contribution in [2.45, 2.75) is 59.1 Å². The van der Waals surface area contributed by atoms with E-state index in [0.717, 1.165) is 57.6 Å². The van der Waals surface area contributed by atoms with Gasteiger partial charge in [0.2, 0.25) is 0 Å². The van der Waals surface area contributed by atoms with Gasteiger partial charge in [0.15, 0.2) is 5.82 Å². The average molecular weight is 463 g/mol. The Morgan fingerprint density at radius 3 is 2.53 bits per heavy atom. The van der Waals surface area contributed by atoms with Crippen molar-refractivity contribution in [1.29, 1.82) is 0 Å². The summed E-state index contributed by atoms with van der Waals surface area (Å²) in [6.45, 7) is 11.0. The SMILES string of the molecule is COc1cc(C)ccc1-c1nnc(N[C@@H]2CCCN(C(=O)OC(C)(C)C)C2)c2cc(C)ccc12. The molecule has 1 fully saturated rings. The van der Waals surface area contributed by atoms with Crippen LogP contribution in [-0.2, 0) is 4.74 Å². The topological polar surface area (TPSA) is 76.6 Å². The molecule has 0 bridgehead atoms. The van der Waals surface area contributed by atoms with Crippen LogP contribution in [-0.4, -0.2) is 53.0 Å². The van der Waals surface area contributed by atoms with Crippen LogP contribution >= 0.6 is 0 Å². The highest BCUT2D eigenvalue weighted by Gasteiger charge is 2.28. The normalized spacial score (nSPS) is 16.4. The van der Waals surface area contributed by atoms with Gasteiger partial charge >= 0.3 is 6.09 Å². The van der Waals surface area contributed by atoms with Crippen LogP contribution in [0.25, 0.3) is 22.0 Å². The first kappa shape index (κ1) is 23.8. The van der Waals surface area contributed by atoms with E-state index in [1.165, 1.54) is 0 Å². The molecule has 1 aromatic heterocycles. The molecule has 4 rings (SSSR count). The second kappa shape index (κ2) is 9.49. The van der Waals surface area contributed by atoms with Crippen molar-refractivity contribution >= 4 is 22.7 Å². The number of ether oxygens (including phenoxy) is 2. The molecule has 0 unspecified atom stereocenters. The van der Waals surface area contributed by atoms with Crippen LogP contribution in [0.15, 0.2) is 36.4 Å². The summed E-state index contributed by atoms with van der Waals surface area (Å²) in [5, 5.41) is 14.8. The molecular weight excluding hydrogens is 428 g/mol. The summed E-state index contributed by atoms with van der Waals surface area (Å²) < 4.78 is 11.2. The van der Waals surface area contributed by atoms with Crippen LogP contribution in [0.1, 0.15) is 44.7 Å². The van der Waals surface area contributed by atoms with Gasteiger partial charge in [-0.1, -0.05) is 23.8 Å². The molecule has 0 radical (unpaired) electrons. The van der Waals surface area contributed by atoms with Crippen LogP contribution in [0, 0.1) is 13.8 Å². The van der Waals surface area contributed by atoms with Gasteiger partial charge in [-0.25, -0.2) is 4.79 Å². The van der Waals surface area contributed by atoms with E-state index >= 15 is 0 Å². The molecule has 1 saturated heterocycles.